The van der Waals surface area contributed by atoms with E-state index in [0.717, 1.165) is 12.1 Å². The number of anilines is 2. The second kappa shape index (κ2) is 6.75. The second-order valence-electron chi connectivity index (χ2n) is 4.28. The standard InChI is InChI=1S/C15H12F3N3O/c1-2-7-19-15(22)12-5-3-9(8-20-12)21-11-6-4-10(16)13(17)14(11)18/h2-6,8,21H,1,7H2,(H,19,22). The summed E-state index contributed by atoms with van der Waals surface area (Å²) in [6.45, 7) is 3.78. The quantitative estimate of drug-likeness (QED) is 0.659. The molecule has 22 heavy (non-hydrogen) atoms. The molecule has 1 heterocycles. The Morgan fingerprint density at radius 1 is 1.18 bits per heavy atom. The highest BCUT2D eigenvalue weighted by molar-refractivity contribution is 5.92. The first-order valence-electron chi connectivity index (χ1n) is 6.28. The van der Waals surface area contributed by atoms with Crippen LogP contribution in [0, 0.1) is 17.5 Å². The molecule has 0 saturated heterocycles. The summed E-state index contributed by atoms with van der Waals surface area (Å²) in [5.41, 5.74) is 0.257. The molecule has 0 atom stereocenters. The Labute approximate surface area is 124 Å². The number of amides is 1. The molecular formula is C15H12F3N3O. The van der Waals surface area contributed by atoms with Crippen molar-refractivity contribution < 1.29 is 18.0 Å². The van der Waals surface area contributed by atoms with Crippen LogP contribution in [0.1, 0.15) is 10.5 Å². The normalized spacial score (nSPS) is 10.1. The van der Waals surface area contributed by atoms with E-state index in [1.165, 1.54) is 24.4 Å². The van der Waals surface area contributed by atoms with Gasteiger partial charge in [-0.2, -0.15) is 0 Å². The number of hydrogen-bond donors (Lipinski definition) is 2. The highest BCUT2D eigenvalue weighted by atomic mass is 19.2. The van der Waals surface area contributed by atoms with Gasteiger partial charge in [0, 0.05) is 6.54 Å². The highest BCUT2D eigenvalue weighted by Gasteiger charge is 2.13. The minimum Gasteiger partial charge on any atom is -0.352 e. The van der Waals surface area contributed by atoms with Gasteiger partial charge in [-0.15, -0.1) is 6.58 Å². The van der Waals surface area contributed by atoms with Gasteiger partial charge in [0.25, 0.3) is 5.91 Å². The first-order valence-corrected chi connectivity index (χ1v) is 6.28. The summed E-state index contributed by atoms with van der Waals surface area (Å²) in [6.07, 6.45) is 2.81. The van der Waals surface area contributed by atoms with E-state index < -0.39 is 17.5 Å². The number of rotatable bonds is 5. The molecule has 0 aliphatic carbocycles. The monoisotopic (exact) mass is 307 g/mol. The minimum absolute atomic E-state index is 0.165. The third kappa shape index (κ3) is 3.43. The van der Waals surface area contributed by atoms with Gasteiger partial charge >= 0.3 is 0 Å². The first-order chi connectivity index (χ1) is 10.5. The smallest absolute Gasteiger partial charge is 0.270 e. The Bertz CT molecular complexity index is 702. The van der Waals surface area contributed by atoms with Crippen molar-refractivity contribution in [1.29, 1.82) is 0 Å². The number of nitrogens with zero attached hydrogens (tertiary/aromatic N) is 1. The van der Waals surface area contributed by atoms with E-state index in [1.807, 2.05) is 0 Å². The van der Waals surface area contributed by atoms with Crippen LogP contribution < -0.4 is 10.6 Å². The molecule has 0 radical (unpaired) electrons. The van der Waals surface area contributed by atoms with Crippen LogP contribution in [-0.2, 0) is 0 Å². The SMILES string of the molecule is C=CCNC(=O)c1ccc(Nc2ccc(F)c(F)c2F)cn1. The third-order valence-corrected chi connectivity index (χ3v) is 2.72. The zero-order valence-corrected chi connectivity index (χ0v) is 11.4. The fourth-order valence-electron chi connectivity index (χ4n) is 1.64. The van der Waals surface area contributed by atoms with E-state index in [0.29, 0.717) is 12.2 Å². The molecule has 0 bridgehead atoms. The van der Waals surface area contributed by atoms with Crippen molar-refractivity contribution in [1.82, 2.24) is 10.3 Å². The van der Waals surface area contributed by atoms with Crippen LogP contribution in [0.15, 0.2) is 43.1 Å². The summed E-state index contributed by atoms with van der Waals surface area (Å²) in [4.78, 5) is 15.5. The van der Waals surface area contributed by atoms with Gasteiger partial charge in [0.15, 0.2) is 17.5 Å². The minimum atomic E-state index is -1.56. The molecule has 1 amide bonds. The molecule has 4 nitrogen and oxygen atoms in total. The summed E-state index contributed by atoms with van der Waals surface area (Å²) in [7, 11) is 0. The van der Waals surface area contributed by atoms with Crippen molar-refractivity contribution in [3.8, 4) is 0 Å². The molecule has 0 saturated carbocycles. The number of nitrogens with one attached hydrogen (secondary N) is 2. The van der Waals surface area contributed by atoms with E-state index in [1.54, 1.807) is 0 Å². The third-order valence-electron chi connectivity index (χ3n) is 2.72. The van der Waals surface area contributed by atoms with Crippen LogP contribution in [0.3, 0.4) is 0 Å². The largest absolute Gasteiger partial charge is 0.352 e. The van der Waals surface area contributed by atoms with Crippen LogP contribution in [0.5, 0.6) is 0 Å². The number of benzene rings is 1. The topological polar surface area (TPSA) is 54.0 Å². The molecule has 114 valence electrons. The first kappa shape index (κ1) is 15.6. The Morgan fingerprint density at radius 2 is 1.95 bits per heavy atom. The molecule has 0 aliphatic rings. The van der Waals surface area contributed by atoms with Crippen LogP contribution in [0.25, 0.3) is 0 Å². The molecule has 2 aromatic rings. The van der Waals surface area contributed by atoms with Crippen LogP contribution in [0.2, 0.25) is 0 Å². The fourth-order valence-corrected chi connectivity index (χ4v) is 1.64. The number of carbonyl (C=O) groups excluding carboxylic acids is 1. The van der Waals surface area contributed by atoms with E-state index in [2.05, 4.69) is 22.2 Å². The van der Waals surface area contributed by atoms with E-state index in [-0.39, 0.29) is 17.3 Å². The maximum atomic E-state index is 13.5. The van der Waals surface area contributed by atoms with Gasteiger partial charge < -0.3 is 10.6 Å². The number of carbonyl (C=O) groups is 1. The zero-order chi connectivity index (χ0) is 16.1. The van der Waals surface area contributed by atoms with Crippen molar-refractivity contribution in [2.45, 2.75) is 0 Å². The molecule has 0 unspecified atom stereocenters. The van der Waals surface area contributed by atoms with Gasteiger partial charge in [-0.3, -0.25) is 4.79 Å². The van der Waals surface area contributed by atoms with Gasteiger partial charge in [-0.1, -0.05) is 6.08 Å². The van der Waals surface area contributed by atoms with Crippen LogP contribution in [-0.4, -0.2) is 17.4 Å². The Morgan fingerprint density at radius 3 is 2.59 bits per heavy atom. The van der Waals surface area contributed by atoms with Crippen LogP contribution in [0.4, 0.5) is 24.5 Å². The second-order valence-corrected chi connectivity index (χ2v) is 4.28. The van der Waals surface area contributed by atoms with Crippen molar-refractivity contribution in [3.63, 3.8) is 0 Å². The molecule has 0 aliphatic heterocycles. The molecule has 1 aromatic carbocycles. The lowest BCUT2D eigenvalue weighted by molar-refractivity contribution is 0.0953. The Hall–Kier alpha value is -2.83. The van der Waals surface area contributed by atoms with Crippen molar-refractivity contribution in [2.24, 2.45) is 0 Å². The van der Waals surface area contributed by atoms with Gasteiger partial charge in [0.05, 0.1) is 17.6 Å². The van der Waals surface area contributed by atoms with Gasteiger partial charge in [0.2, 0.25) is 0 Å². The molecule has 2 N–H and O–H groups in total. The lowest BCUT2D eigenvalue weighted by atomic mass is 10.2. The molecule has 2 rings (SSSR count). The molecular weight excluding hydrogens is 295 g/mol. The average Bonchev–Trinajstić information content (AvgIpc) is 2.54. The maximum Gasteiger partial charge on any atom is 0.270 e. The summed E-state index contributed by atoms with van der Waals surface area (Å²) < 4.78 is 39.5. The Balaban J connectivity index is 2.13. The number of hydrogen-bond acceptors (Lipinski definition) is 3. The van der Waals surface area contributed by atoms with Gasteiger partial charge in [0.1, 0.15) is 5.69 Å². The molecule has 1 aromatic heterocycles. The van der Waals surface area contributed by atoms with E-state index in [9.17, 15) is 18.0 Å². The highest BCUT2D eigenvalue weighted by Crippen LogP contribution is 2.23. The summed E-state index contributed by atoms with van der Waals surface area (Å²) in [5, 5.41) is 5.11. The number of halogens is 3. The summed E-state index contributed by atoms with van der Waals surface area (Å²) in [5.74, 6) is -4.54. The van der Waals surface area contributed by atoms with Crippen molar-refractivity contribution >= 4 is 17.3 Å². The van der Waals surface area contributed by atoms with Gasteiger partial charge in [-0.05, 0) is 24.3 Å². The average molecular weight is 307 g/mol. The lowest BCUT2D eigenvalue weighted by Crippen LogP contribution is -2.24. The fraction of sp³-hybridized carbons (Fsp3) is 0.0667. The predicted octanol–water partition coefficient (Wildman–Crippen LogP) is 3.16. The molecule has 0 spiro atoms. The van der Waals surface area contributed by atoms with E-state index >= 15 is 0 Å². The van der Waals surface area contributed by atoms with Crippen molar-refractivity contribution in [2.75, 3.05) is 11.9 Å². The number of pyridine rings is 1. The lowest BCUT2D eigenvalue weighted by Gasteiger charge is -2.08. The van der Waals surface area contributed by atoms with Crippen LogP contribution >= 0.6 is 0 Å². The summed E-state index contributed by atoms with van der Waals surface area (Å²) in [6, 6.07) is 4.76. The predicted molar refractivity (Wildman–Crippen MR) is 76.4 cm³/mol. The molecule has 7 heteroatoms. The molecule has 0 fully saturated rings. The number of aromatic nitrogens is 1. The van der Waals surface area contributed by atoms with Crippen molar-refractivity contribution in [3.05, 3.63) is 66.3 Å². The Kier molecular flexibility index (Phi) is 4.77. The summed E-state index contributed by atoms with van der Waals surface area (Å²) >= 11 is 0. The maximum absolute atomic E-state index is 13.5. The van der Waals surface area contributed by atoms with Gasteiger partial charge in [-0.25, -0.2) is 18.2 Å². The zero-order valence-electron chi connectivity index (χ0n) is 11.4. The van der Waals surface area contributed by atoms with E-state index in [4.69, 9.17) is 0 Å².